The highest BCUT2D eigenvalue weighted by atomic mass is 16.1. The largest absolute Gasteiger partial charge is 0.326 e. The summed E-state index contributed by atoms with van der Waals surface area (Å²) in [4.78, 5) is 22.5. The Labute approximate surface area is 95.7 Å². The Kier molecular flexibility index (Phi) is 4.05. The number of hydrogen-bond donors (Lipinski definition) is 1. The number of terminal acetylenes is 1. The van der Waals surface area contributed by atoms with E-state index in [0.29, 0.717) is 11.3 Å². The van der Waals surface area contributed by atoms with Crippen molar-refractivity contribution in [3.05, 3.63) is 47.7 Å². The third-order valence-corrected chi connectivity index (χ3v) is 1.84. The highest BCUT2D eigenvalue weighted by Gasteiger charge is 2.04. The molecule has 0 heterocycles. The summed E-state index contributed by atoms with van der Waals surface area (Å²) in [6.45, 7) is 1.61. The van der Waals surface area contributed by atoms with E-state index >= 15 is 0 Å². The van der Waals surface area contributed by atoms with Crippen LogP contribution in [0.15, 0.2) is 42.1 Å². The molecule has 0 saturated heterocycles. The normalized spacial score (nSPS) is 10.4. The maximum absolute atomic E-state index is 11.6. The van der Waals surface area contributed by atoms with Crippen molar-refractivity contribution in [2.45, 2.75) is 6.92 Å². The number of carbonyl (C=O) groups is 2. The first-order valence-corrected chi connectivity index (χ1v) is 4.68. The second-order valence-corrected chi connectivity index (χ2v) is 3.16. The molecule has 0 saturated carbocycles. The Morgan fingerprint density at radius 3 is 2.56 bits per heavy atom. The van der Waals surface area contributed by atoms with Gasteiger partial charge in [-0.05, 0) is 25.0 Å². The fourth-order valence-electron chi connectivity index (χ4n) is 1.12. The lowest BCUT2D eigenvalue weighted by Crippen LogP contribution is -2.21. The highest BCUT2D eigenvalue weighted by Crippen LogP contribution is 1.99. The van der Waals surface area contributed by atoms with E-state index in [4.69, 9.17) is 6.42 Å². The Balaban J connectivity index is 0.00000256. The summed E-state index contributed by atoms with van der Waals surface area (Å²) in [6, 6.07) is 8.72. The van der Waals surface area contributed by atoms with E-state index in [1.807, 2.05) is 12.0 Å². The number of ketones is 1. The molecular weight excluding hydrogens is 202 g/mol. The van der Waals surface area contributed by atoms with Crippen LogP contribution in [0.25, 0.3) is 0 Å². The first-order chi connectivity index (χ1) is 7.63. The lowest BCUT2D eigenvalue weighted by molar-refractivity contribution is -0.109. The zero-order valence-corrected chi connectivity index (χ0v) is 8.86. The fraction of sp³-hybridized carbons (Fsp3) is 0.0769. The van der Waals surface area contributed by atoms with Gasteiger partial charge >= 0.3 is 0 Å². The number of amides is 1. The summed E-state index contributed by atoms with van der Waals surface area (Å²) in [5, 5.41) is 2.57. The van der Waals surface area contributed by atoms with Crippen LogP contribution in [0.4, 0.5) is 0 Å². The van der Waals surface area contributed by atoms with E-state index in [0.717, 1.165) is 0 Å². The van der Waals surface area contributed by atoms with Crippen molar-refractivity contribution in [2.75, 3.05) is 0 Å². The van der Waals surface area contributed by atoms with Gasteiger partial charge in [-0.1, -0.05) is 18.2 Å². The predicted molar refractivity (Wildman–Crippen MR) is 63.6 cm³/mol. The van der Waals surface area contributed by atoms with Gasteiger partial charge in [0.05, 0.1) is 0 Å². The summed E-state index contributed by atoms with van der Waals surface area (Å²) in [5.74, 6) is 1.21. The molecule has 1 rings (SSSR count). The topological polar surface area (TPSA) is 46.2 Å². The Morgan fingerprint density at radius 1 is 1.38 bits per heavy atom. The second kappa shape index (κ2) is 5.52. The van der Waals surface area contributed by atoms with Crippen molar-refractivity contribution < 1.29 is 11.0 Å². The maximum atomic E-state index is 11.6. The van der Waals surface area contributed by atoms with Crippen molar-refractivity contribution in [2.24, 2.45) is 0 Å². The van der Waals surface area contributed by atoms with Crippen LogP contribution in [0.2, 0.25) is 0 Å². The van der Waals surface area contributed by atoms with E-state index in [1.54, 1.807) is 31.2 Å². The quantitative estimate of drug-likeness (QED) is 0.474. The van der Waals surface area contributed by atoms with Gasteiger partial charge in [-0.2, -0.15) is 0 Å². The monoisotopic (exact) mass is 215 g/mol. The predicted octanol–water partition coefficient (Wildman–Crippen LogP) is 1.77. The average Bonchev–Trinajstić information content (AvgIpc) is 2.29. The molecule has 0 spiro atoms. The van der Waals surface area contributed by atoms with Crippen LogP contribution in [0.3, 0.4) is 0 Å². The molecule has 0 fully saturated rings. The van der Waals surface area contributed by atoms with Gasteiger partial charge in [0.1, 0.15) is 0 Å². The molecule has 16 heavy (non-hydrogen) atoms. The van der Waals surface area contributed by atoms with Crippen LogP contribution in [-0.2, 0) is 4.79 Å². The molecule has 0 aliphatic heterocycles. The molecule has 0 aliphatic carbocycles. The van der Waals surface area contributed by atoms with Crippen LogP contribution in [-0.4, -0.2) is 11.7 Å². The lowest BCUT2D eigenvalue weighted by atomic mass is 10.2. The van der Waals surface area contributed by atoms with Crippen LogP contribution in [0.1, 0.15) is 18.7 Å². The highest BCUT2D eigenvalue weighted by molar-refractivity contribution is 6.04. The van der Waals surface area contributed by atoms with Crippen LogP contribution < -0.4 is 5.32 Å². The molecule has 0 unspecified atom stereocenters. The number of benzene rings is 1. The van der Waals surface area contributed by atoms with Crippen LogP contribution in [0.5, 0.6) is 0 Å². The number of nitrogens with one attached hydrogen (secondary N) is 1. The van der Waals surface area contributed by atoms with Crippen molar-refractivity contribution in [3.63, 3.8) is 0 Å². The standard InChI is InChI=1S/C13H11NO2.H2/c1-3-12(15)9-10(2)14-13(16)11-7-5-4-6-8-11;/h1,4-9H,2H3,(H,14,16);1H/b10-9-;. The Bertz CT molecular complexity index is 472. The number of hydrogen-bond acceptors (Lipinski definition) is 2. The molecule has 1 amide bonds. The smallest absolute Gasteiger partial charge is 0.255 e. The van der Waals surface area contributed by atoms with E-state index in [9.17, 15) is 9.59 Å². The molecular formula is C13H13NO2. The van der Waals surface area contributed by atoms with Gasteiger partial charge in [-0.3, -0.25) is 9.59 Å². The van der Waals surface area contributed by atoms with Crippen molar-refractivity contribution in [3.8, 4) is 12.3 Å². The minimum Gasteiger partial charge on any atom is -0.326 e. The van der Waals surface area contributed by atoms with E-state index < -0.39 is 5.78 Å². The van der Waals surface area contributed by atoms with Crippen molar-refractivity contribution >= 4 is 11.7 Å². The van der Waals surface area contributed by atoms with E-state index in [1.165, 1.54) is 6.08 Å². The van der Waals surface area contributed by atoms with Gasteiger partial charge in [0, 0.05) is 18.8 Å². The summed E-state index contributed by atoms with van der Waals surface area (Å²) >= 11 is 0. The molecule has 1 N–H and O–H groups in total. The second-order valence-electron chi connectivity index (χ2n) is 3.16. The summed E-state index contributed by atoms with van der Waals surface area (Å²) in [7, 11) is 0. The summed E-state index contributed by atoms with van der Waals surface area (Å²) < 4.78 is 0. The van der Waals surface area contributed by atoms with Crippen molar-refractivity contribution in [1.82, 2.24) is 5.32 Å². The SMILES string of the molecule is C#CC(=O)/C=C(/C)NC(=O)c1ccccc1.[HH]. The van der Waals surface area contributed by atoms with Gasteiger partial charge < -0.3 is 5.32 Å². The van der Waals surface area contributed by atoms with Gasteiger partial charge in [0.2, 0.25) is 5.78 Å². The number of carbonyl (C=O) groups excluding carboxylic acids is 2. The molecule has 0 atom stereocenters. The Hall–Kier alpha value is -2.34. The molecule has 0 aliphatic rings. The van der Waals surface area contributed by atoms with E-state index in [-0.39, 0.29) is 7.33 Å². The third kappa shape index (κ3) is 3.43. The first-order valence-electron chi connectivity index (χ1n) is 4.68. The molecule has 0 radical (unpaired) electrons. The molecule has 1 aromatic rings. The molecule has 0 bridgehead atoms. The first kappa shape index (κ1) is 11.7. The molecule has 3 nitrogen and oxygen atoms in total. The molecule has 3 heteroatoms. The van der Waals surface area contributed by atoms with Gasteiger partial charge in [-0.15, -0.1) is 6.42 Å². The number of rotatable bonds is 3. The van der Waals surface area contributed by atoms with Gasteiger partial charge in [0.15, 0.2) is 0 Å². The molecule has 82 valence electrons. The Morgan fingerprint density at radius 2 is 2.00 bits per heavy atom. The summed E-state index contributed by atoms with van der Waals surface area (Å²) in [5.41, 5.74) is 0.959. The zero-order chi connectivity index (χ0) is 12.0. The van der Waals surface area contributed by atoms with Crippen molar-refractivity contribution in [1.29, 1.82) is 0 Å². The van der Waals surface area contributed by atoms with Crippen LogP contribution in [0, 0.1) is 12.3 Å². The fourth-order valence-corrected chi connectivity index (χ4v) is 1.12. The molecule has 0 aromatic heterocycles. The van der Waals surface area contributed by atoms with E-state index in [2.05, 4.69) is 5.32 Å². The molecule has 1 aromatic carbocycles. The summed E-state index contributed by atoms with van der Waals surface area (Å²) in [6.07, 6.45) is 6.11. The van der Waals surface area contributed by atoms with Crippen LogP contribution >= 0.6 is 0 Å². The average molecular weight is 215 g/mol. The lowest BCUT2D eigenvalue weighted by Gasteiger charge is -2.03. The maximum Gasteiger partial charge on any atom is 0.255 e. The minimum absolute atomic E-state index is 0. The number of allylic oxidation sites excluding steroid dienone is 2. The van der Waals surface area contributed by atoms with Gasteiger partial charge in [0.25, 0.3) is 5.91 Å². The third-order valence-electron chi connectivity index (χ3n) is 1.84. The van der Waals surface area contributed by atoms with Gasteiger partial charge in [-0.25, -0.2) is 0 Å². The zero-order valence-electron chi connectivity index (χ0n) is 8.86. The minimum atomic E-state index is -0.467.